The largest absolute Gasteiger partial charge is 0.494 e. The molecule has 0 atom stereocenters. The van der Waals surface area contributed by atoms with Crippen molar-refractivity contribution in [3.63, 3.8) is 0 Å². The Morgan fingerprint density at radius 1 is 0.952 bits per heavy atom. The van der Waals surface area contributed by atoms with Gasteiger partial charge in [-0.25, -0.2) is 0 Å². The zero-order valence-corrected chi connectivity index (χ0v) is 12.3. The maximum atomic E-state index is 5.73. The third kappa shape index (κ3) is 3.69. The molecule has 0 aromatic heterocycles. The van der Waals surface area contributed by atoms with Gasteiger partial charge in [0, 0.05) is 19.6 Å². The summed E-state index contributed by atoms with van der Waals surface area (Å²) in [6.07, 6.45) is 2.24. The normalized spacial score (nSPS) is 13.4. The molecule has 110 valence electrons. The molecule has 0 radical (unpaired) electrons. The van der Waals surface area contributed by atoms with Crippen LogP contribution < -0.4 is 15.0 Å². The zero-order chi connectivity index (χ0) is 14.3. The molecule has 0 fully saturated rings. The van der Waals surface area contributed by atoms with Gasteiger partial charge in [0.25, 0.3) is 0 Å². The molecule has 0 saturated heterocycles. The number of benzene rings is 2. The van der Waals surface area contributed by atoms with Crippen LogP contribution in [0.3, 0.4) is 0 Å². The summed E-state index contributed by atoms with van der Waals surface area (Å²) in [4.78, 5) is 2.47. The van der Waals surface area contributed by atoms with Crippen molar-refractivity contribution in [3.05, 3.63) is 54.6 Å². The maximum absolute atomic E-state index is 5.73. The SMILES string of the molecule is c1ccc(OCCCCN2CCNc3ccccc32)cc1. The first-order valence-corrected chi connectivity index (χ1v) is 7.69. The maximum Gasteiger partial charge on any atom is 0.119 e. The standard InChI is InChI=1S/C18H22N2O/c1-2-8-16(9-3-1)21-15-7-6-13-20-14-12-19-17-10-4-5-11-18(17)20/h1-5,8-11,19H,6-7,12-15H2. The molecule has 0 bridgehead atoms. The number of nitrogens with one attached hydrogen (secondary N) is 1. The van der Waals surface area contributed by atoms with Crippen molar-refractivity contribution in [2.45, 2.75) is 12.8 Å². The van der Waals surface area contributed by atoms with E-state index in [1.807, 2.05) is 30.3 Å². The van der Waals surface area contributed by atoms with Gasteiger partial charge in [-0.3, -0.25) is 0 Å². The number of anilines is 2. The average Bonchev–Trinajstić information content (AvgIpc) is 2.56. The highest BCUT2D eigenvalue weighted by molar-refractivity contribution is 5.71. The first-order chi connectivity index (χ1) is 10.4. The first-order valence-electron chi connectivity index (χ1n) is 7.69. The van der Waals surface area contributed by atoms with Crippen molar-refractivity contribution < 1.29 is 4.74 Å². The van der Waals surface area contributed by atoms with Gasteiger partial charge in [0.2, 0.25) is 0 Å². The second kappa shape index (κ2) is 7.02. The fourth-order valence-electron chi connectivity index (χ4n) is 2.69. The number of hydrogen-bond acceptors (Lipinski definition) is 3. The van der Waals surface area contributed by atoms with Crippen molar-refractivity contribution in [2.75, 3.05) is 36.5 Å². The van der Waals surface area contributed by atoms with E-state index in [-0.39, 0.29) is 0 Å². The molecule has 3 rings (SSSR count). The summed E-state index contributed by atoms with van der Waals surface area (Å²) in [5.74, 6) is 0.963. The van der Waals surface area contributed by atoms with Crippen LogP contribution in [0.4, 0.5) is 11.4 Å². The molecule has 0 unspecified atom stereocenters. The van der Waals surface area contributed by atoms with Crippen LogP contribution in [0.25, 0.3) is 0 Å². The van der Waals surface area contributed by atoms with Gasteiger partial charge in [0.05, 0.1) is 18.0 Å². The Morgan fingerprint density at radius 2 is 1.76 bits per heavy atom. The fourth-order valence-corrected chi connectivity index (χ4v) is 2.69. The van der Waals surface area contributed by atoms with Gasteiger partial charge in [0.15, 0.2) is 0 Å². The minimum absolute atomic E-state index is 0.789. The lowest BCUT2D eigenvalue weighted by Crippen LogP contribution is -2.34. The van der Waals surface area contributed by atoms with Crippen LogP contribution in [0.15, 0.2) is 54.6 Å². The molecule has 1 aliphatic rings. The highest BCUT2D eigenvalue weighted by Crippen LogP contribution is 2.28. The third-order valence-corrected chi connectivity index (χ3v) is 3.78. The smallest absolute Gasteiger partial charge is 0.119 e. The Kier molecular flexibility index (Phi) is 4.62. The monoisotopic (exact) mass is 282 g/mol. The quantitative estimate of drug-likeness (QED) is 0.816. The molecule has 3 nitrogen and oxygen atoms in total. The minimum atomic E-state index is 0.789. The number of unbranched alkanes of at least 4 members (excludes halogenated alkanes) is 1. The predicted octanol–water partition coefficient (Wildman–Crippen LogP) is 3.78. The van der Waals surface area contributed by atoms with Crippen LogP contribution in [-0.2, 0) is 0 Å². The van der Waals surface area contributed by atoms with E-state index < -0.39 is 0 Å². The van der Waals surface area contributed by atoms with Crippen LogP contribution in [0.5, 0.6) is 5.75 Å². The number of nitrogens with zero attached hydrogens (tertiary/aromatic N) is 1. The van der Waals surface area contributed by atoms with Crippen LogP contribution in [-0.4, -0.2) is 26.2 Å². The molecule has 1 heterocycles. The molecule has 21 heavy (non-hydrogen) atoms. The lowest BCUT2D eigenvalue weighted by Gasteiger charge is -2.32. The van der Waals surface area contributed by atoms with Gasteiger partial charge in [0.1, 0.15) is 5.75 Å². The highest BCUT2D eigenvalue weighted by Gasteiger charge is 2.14. The van der Waals surface area contributed by atoms with Gasteiger partial charge in [-0.15, -0.1) is 0 Å². The van der Waals surface area contributed by atoms with E-state index in [4.69, 9.17) is 4.74 Å². The van der Waals surface area contributed by atoms with Crippen molar-refractivity contribution in [2.24, 2.45) is 0 Å². The molecule has 2 aromatic carbocycles. The molecule has 2 aromatic rings. The van der Waals surface area contributed by atoms with Crippen molar-refractivity contribution in [1.82, 2.24) is 0 Å². The summed E-state index contributed by atoms with van der Waals surface area (Å²) >= 11 is 0. The van der Waals surface area contributed by atoms with E-state index in [1.54, 1.807) is 0 Å². The van der Waals surface area contributed by atoms with E-state index in [0.717, 1.165) is 44.8 Å². The summed E-state index contributed by atoms with van der Waals surface area (Å²) in [7, 11) is 0. The van der Waals surface area contributed by atoms with Crippen molar-refractivity contribution in [1.29, 1.82) is 0 Å². The van der Waals surface area contributed by atoms with Crippen LogP contribution in [0, 0.1) is 0 Å². The average molecular weight is 282 g/mol. The summed E-state index contributed by atoms with van der Waals surface area (Å²) in [5, 5.41) is 3.45. The number of para-hydroxylation sites is 3. The van der Waals surface area contributed by atoms with Gasteiger partial charge in [-0.1, -0.05) is 30.3 Å². The number of ether oxygens (including phenoxy) is 1. The van der Waals surface area contributed by atoms with Gasteiger partial charge in [-0.2, -0.15) is 0 Å². The van der Waals surface area contributed by atoms with E-state index in [0.29, 0.717) is 0 Å². The Labute approximate surface area is 126 Å². The second-order valence-electron chi connectivity index (χ2n) is 5.30. The van der Waals surface area contributed by atoms with Crippen molar-refractivity contribution in [3.8, 4) is 5.75 Å². The minimum Gasteiger partial charge on any atom is -0.494 e. The van der Waals surface area contributed by atoms with E-state index in [9.17, 15) is 0 Å². The molecular weight excluding hydrogens is 260 g/mol. The molecule has 0 spiro atoms. The predicted molar refractivity (Wildman–Crippen MR) is 88.3 cm³/mol. The van der Waals surface area contributed by atoms with Crippen LogP contribution in [0.2, 0.25) is 0 Å². The summed E-state index contributed by atoms with van der Waals surface area (Å²) in [6.45, 7) is 3.99. The molecule has 3 heteroatoms. The molecule has 1 aliphatic heterocycles. The Hall–Kier alpha value is -2.16. The molecule has 1 N–H and O–H groups in total. The van der Waals surface area contributed by atoms with E-state index in [2.05, 4.69) is 34.5 Å². The number of fused-ring (bicyclic) bond motifs is 1. The Balaban J connectivity index is 1.42. The van der Waals surface area contributed by atoms with E-state index >= 15 is 0 Å². The zero-order valence-electron chi connectivity index (χ0n) is 12.3. The van der Waals surface area contributed by atoms with E-state index in [1.165, 1.54) is 11.4 Å². The summed E-state index contributed by atoms with van der Waals surface area (Å²) in [6, 6.07) is 18.6. The first kappa shape index (κ1) is 13.8. The lowest BCUT2D eigenvalue weighted by atomic mass is 10.2. The highest BCUT2D eigenvalue weighted by atomic mass is 16.5. The molecular formula is C18H22N2O. The Morgan fingerprint density at radius 3 is 2.67 bits per heavy atom. The summed E-state index contributed by atoms with van der Waals surface area (Å²) in [5.41, 5.74) is 2.58. The molecule has 0 aliphatic carbocycles. The number of hydrogen-bond donors (Lipinski definition) is 1. The molecule has 0 amide bonds. The van der Waals surface area contributed by atoms with Crippen LogP contribution in [0.1, 0.15) is 12.8 Å². The third-order valence-electron chi connectivity index (χ3n) is 3.78. The van der Waals surface area contributed by atoms with Crippen LogP contribution >= 0.6 is 0 Å². The topological polar surface area (TPSA) is 24.5 Å². The summed E-state index contributed by atoms with van der Waals surface area (Å²) < 4.78 is 5.73. The number of rotatable bonds is 6. The van der Waals surface area contributed by atoms with Gasteiger partial charge < -0.3 is 15.0 Å². The Bertz CT molecular complexity index is 556. The van der Waals surface area contributed by atoms with Gasteiger partial charge in [-0.05, 0) is 37.1 Å². The van der Waals surface area contributed by atoms with Gasteiger partial charge >= 0.3 is 0 Å². The second-order valence-corrected chi connectivity index (χ2v) is 5.30. The lowest BCUT2D eigenvalue weighted by molar-refractivity contribution is 0.307. The van der Waals surface area contributed by atoms with Crippen molar-refractivity contribution >= 4 is 11.4 Å². The molecule has 0 saturated carbocycles. The fraction of sp³-hybridized carbons (Fsp3) is 0.333.